The molecule has 25 heavy (non-hydrogen) atoms. The number of amides is 3. The quantitative estimate of drug-likeness (QED) is 0.749. The molecule has 0 aliphatic heterocycles. The van der Waals surface area contributed by atoms with Gasteiger partial charge in [0.2, 0.25) is 11.8 Å². The summed E-state index contributed by atoms with van der Waals surface area (Å²) in [6, 6.07) is 13.5. The minimum absolute atomic E-state index is 0.171. The minimum atomic E-state index is -0.386. The normalized spacial score (nSPS) is 9.84. The molecule has 0 bridgehead atoms. The molecule has 130 valence electrons. The third-order valence-electron chi connectivity index (χ3n) is 3.24. The number of benzene rings is 2. The van der Waals surface area contributed by atoms with Gasteiger partial charge in [-0.3, -0.25) is 14.4 Å². The first kappa shape index (κ1) is 18.0. The molecule has 0 fully saturated rings. The van der Waals surface area contributed by atoms with E-state index in [1.807, 2.05) is 0 Å². The maximum Gasteiger partial charge on any atom is 0.251 e. The predicted molar refractivity (Wildman–Crippen MR) is 94.7 cm³/mol. The first-order chi connectivity index (χ1) is 12.0. The molecular formula is C18H19N3O4. The number of carbonyl (C=O) groups is 3. The van der Waals surface area contributed by atoms with Gasteiger partial charge >= 0.3 is 0 Å². The van der Waals surface area contributed by atoms with Crippen LogP contribution in [0.1, 0.15) is 17.3 Å². The zero-order valence-electron chi connectivity index (χ0n) is 14.0. The van der Waals surface area contributed by atoms with Gasteiger partial charge in [-0.1, -0.05) is 18.2 Å². The summed E-state index contributed by atoms with van der Waals surface area (Å²) in [4.78, 5) is 35.1. The highest BCUT2D eigenvalue weighted by Gasteiger charge is 2.10. The van der Waals surface area contributed by atoms with Gasteiger partial charge in [-0.25, -0.2) is 0 Å². The molecule has 3 amide bonds. The van der Waals surface area contributed by atoms with E-state index in [1.165, 1.54) is 14.0 Å². The van der Waals surface area contributed by atoms with Crippen molar-refractivity contribution in [3.8, 4) is 5.75 Å². The van der Waals surface area contributed by atoms with Crippen molar-refractivity contribution < 1.29 is 19.1 Å². The fraction of sp³-hybridized carbons (Fsp3) is 0.167. The van der Waals surface area contributed by atoms with Crippen molar-refractivity contribution in [3.05, 3.63) is 54.1 Å². The standard InChI is InChI=1S/C18H19N3O4/c1-12(22)20-15-10-14(8-9-16(15)25-2)21-17(23)11-19-18(24)13-6-4-3-5-7-13/h3-10H,11H2,1-2H3,(H,19,24)(H,20,22)(H,21,23). The molecule has 0 saturated carbocycles. The highest BCUT2D eigenvalue weighted by Crippen LogP contribution is 2.27. The van der Waals surface area contributed by atoms with Crippen LogP contribution >= 0.6 is 0 Å². The van der Waals surface area contributed by atoms with E-state index in [2.05, 4.69) is 16.0 Å². The Morgan fingerprint density at radius 3 is 2.36 bits per heavy atom. The van der Waals surface area contributed by atoms with Crippen molar-refractivity contribution in [2.75, 3.05) is 24.3 Å². The summed E-state index contributed by atoms with van der Waals surface area (Å²) in [6.07, 6.45) is 0. The van der Waals surface area contributed by atoms with Crippen LogP contribution in [0.5, 0.6) is 5.75 Å². The van der Waals surface area contributed by atoms with Crippen molar-refractivity contribution in [2.24, 2.45) is 0 Å². The summed E-state index contributed by atoms with van der Waals surface area (Å²) in [5, 5.41) is 7.82. The number of anilines is 2. The maximum atomic E-state index is 12.0. The third kappa shape index (κ3) is 5.35. The van der Waals surface area contributed by atoms with Crippen LogP contribution in [0.2, 0.25) is 0 Å². The summed E-state index contributed by atoms with van der Waals surface area (Å²) < 4.78 is 5.15. The summed E-state index contributed by atoms with van der Waals surface area (Å²) in [6.45, 7) is 1.21. The third-order valence-corrected chi connectivity index (χ3v) is 3.24. The highest BCUT2D eigenvalue weighted by molar-refractivity contribution is 6.00. The Morgan fingerprint density at radius 1 is 1.00 bits per heavy atom. The molecule has 2 rings (SSSR count). The van der Waals surface area contributed by atoms with E-state index in [9.17, 15) is 14.4 Å². The Morgan fingerprint density at radius 2 is 1.72 bits per heavy atom. The van der Waals surface area contributed by atoms with Gasteiger partial charge in [-0.05, 0) is 30.3 Å². The van der Waals surface area contributed by atoms with Gasteiger partial charge in [0, 0.05) is 18.2 Å². The van der Waals surface area contributed by atoms with Gasteiger partial charge in [0.15, 0.2) is 0 Å². The molecule has 2 aromatic rings. The van der Waals surface area contributed by atoms with Gasteiger partial charge < -0.3 is 20.7 Å². The van der Waals surface area contributed by atoms with Crippen molar-refractivity contribution in [3.63, 3.8) is 0 Å². The zero-order chi connectivity index (χ0) is 18.2. The summed E-state index contributed by atoms with van der Waals surface area (Å²) in [5.41, 5.74) is 1.40. The van der Waals surface area contributed by atoms with E-state index in [4.69, 9.17) is 4.74 Å². The molecule has 0 aliphatic carbocycles. The van der Waals surface area contributed by atoms with Crippen LogP contribution in [0, 0.1) is 0 Å². The van der Waals surface area contributed by atoms with Gasteiger partial charge in [-0.15, -0.1) is 0 Å². The molecule has 7 heteroatoms. The molecule has 0 aliphatic rings. The average Bonchev–Trinajstić information content (AvgIpc) is 2.60. The van der Waals surface area contributed by atoms with E-state index >= 15 is 0 Å². The van der Waals surface area contributed by atoms with E-state index < -0.39 is 0 Å². The monoisotopic (exact) mass is 341 g/mol. The number of rotatable bonds is 6. The second-order valence-electron chi connectivity index (χ2n) is 5.19. The second kappa shape index (κ2) is 8.49. The number of hydrogen-bond donors (Lipinski definition) is 3. The lowest BCUT2D eigenvalue weighted by molar-refractivity contribution is -0.115. The van der Waals surface area contributed by atoms with Crippen LogP contribution in [0.4, 0.5) is 11.4 Å². The molecule has 7 nitrogen and oxygen atoms in total. The van der Waals surface area contributed by atoms with Crippen molar-refractivity contribution in [2.45, 2.75) is 6.92 Å². The van der Waals surface area contributed by atoms with E-state index in [1.54, 1.807) is 48.5 Å². The van der Waals surface area contributed by atoms with Crippen molar-refractivity contribution >= 4 is 29.1 Å². The van der Waals surface area contributed by atoms with Gasteiger partial charge in [0.25, 0.3) is 5.91 Å². The SMILES string of the molecule is COc1ccc(NC(=O)CNC(=O)c2ccccc2)cc1NC(C)=O. The molecule has 0 saturated heterocycles. The van der Waals surface area contributed by atoms with Crippen LogP contribution in [0.25, 0.3) is 0 Å². The lowest BCUT2D eigenvalue weighted by Gasteiger charge is -2.12. The summed E-state index contributed by atoms with van der Waals surface area (Å²) in [5.74, 6) is -0.491. The van der Waals surface area contributed by atoms with Crippen LogP contribution in [0.3, 0.4) is 0 Å². The van der Waals surface area contributed by atoms with Gasteiger partial charge in [-0.2, -0.15) is 0 Å². The molecule has 0 heterocycles. The van der Waals surface area contributed by atoms with Crippen LogP contribution in [-0.4, -0.2) is 31.4 Å². The lowest BCUT2D eigenvalue weighted by Crippen LogP contribution is -2.32. The summed E-state index contributed by atoms with van der Waals surface area (Å²) in [7, 11) is 1.48. The van der Waals surface area contributed by atoms with Gasteiger partial charge in [0.05, 0.1) is 19.3 Å². The Bertz CT molecular complexity index is 775. The number of ether oxygens (including phenoxy) is 1. The fourth-order valence-corrected chi connectivity index (χ4v) is 2.13. The highest BCUT2D eigenvalue weighted by atomic mass is 16.5. The van der Waals surface area contributed by atoms with E-state index in [-0.39, 0.29) is 24.3 Å². The van der Waals surface area contributed by atoms with Crippen LogP contribution in [-0.2, 0) is 9.59 Å². The number of nitrogens with one attached hydrogen (secondary N) is 3. The molecule has 0 atom stereocenters. The van der Waals surface area contributed by atoms with Gasteiger partial charge in [0.1, 0.15) is 5.75 Å². The Hall–Kier alpha value is -3.35. The first-order valence-electron chi connectivity index (χ1n) is 7.58. The molecule has 0 unspecified atom stereocenters. The van der Waals surface area contributed by atoms with Crippen molar-refractivity contribution in [1.82, 2.24) is 5.32 Å². The molecule has 3 N–H and O–H groups in total. The number of methoxy groups -OCH3 is 1. The molecule has 0 radical (unpaired) electrons. The van der Waals surface area contributed by atoms with E-state index in [0.717, 1.165) is 0 Å². The van der Waals surface area contributed by atoms with Crippen LogP contribution < -0.4 is 20.7 Å². The van der Waals surface area contributed by atoms with Crippen LogP contribution in [0.15, 0.2) is 48.5 Å². The smallest absolute Gasteiger partial charge is 0.251 e. The first-order valence-corrected chi connectivity index (χ1v) is 7.58. The largest absolute Gasteiger partial charge is 0.495 e. The average molecular weight is 341 g/mol. The molecule has 0 spiro atoms. The number of carbonyl (C=O) groups excluding carboxylic acids is 3. The molecule has 0 aromatic heterocycles. The Labute approximate surface area is 145 Å². The fourth-order valence-electron chi connectivity index (χ4n) is 2.13. The summed E-state index contributed by atoms with van der Waals surface area (Å²) >= 11 is 0. The second-order valence-corrected chi connectivity index (χ2v) is 5.19. The Balaban J connectivity index is 1.96. The lowest BCUT2D eigenvalue weighted by atomic mass is 10.2. The topological polar surface area (TPSA) is 96.5 Å². The molecule has 2 aromatic carbocycles. The van der Waals surface area contributed by atoms with Crippen molar-refractivity contribution in [1.29, 1.82) is 0 Å². The zero-order valence-corrected chi connectivity index (χ0v) is 14.0. The van der Waals surface area contributed by atoms with E-state index in [0.29, 0.717) is 22.7 Å². The maximum absolute atomic E-state index is 12.0. The predicted octanol–water partition coefficient (Wildman–Crippen LogP) is 2.02. The minimum Gasteiger partial charge on any atom is -0.495 e. The number of hydrogen-bond acceptors (Lipinski definition) is 4. The molecular weight excluding hydrogens is 322 g/mol. The Kier molecular flexibility index (Phi) is 6.11.